The third kappa shape index (κ3) is 2.68. The summed E-state index contributed by atoms with van der Waals surface area (Å²) >= 11 is 0. The van der Waals surface area contributed by atoms with Crippen LogP contribution in [0.4, 0.5) is 0 Å². The Balaban J connectivity index is 2.34. The molecule has 1 amide bonds. The van der Waals surface area contributed by atoms with Gasteiger partial charge in [-0.2, -0.15) is 0 Å². The van der Waals surface area contributed by atoms with E-state index in [9.17, 15) is 4.79 Å². The van der Waals surface area contributed by atoms with E-state index in [1.807, 2.05) is 17.9 Å². The number of likely N-dealkylation sites (tertiary alicyclic amines) is 1. The molecule has 0 bridgehead atoms. The van der Waals surface area contributed by atoms with E-state index in [2.05, 4.69) is 6.42 Å². The van der Waals surface area contributed by atoms with E-state index >= 15 is 0 Å². The van der Waals surface area contributed by atoms with Crippen LogP contribution in [0.1, 0.15) is 26.2 Å². The smallest absolute Gasteiger partial charge is 0.246 e. The van der Waals surface area contributed by atoms with Crippen molar-refractivity contribution < 1.29 is 4.79 Å². The minimum absolute atomic E-state index is 0.171. The fraction of sp³-hybridized carbons (Fsp3) is 0.600. The lowest BCUT2D eigenvalue weighted by molar-refractivity contribution is -0.126. The fourth-order valence-corrected chi connectivity index (χ4v) is 1.29. The number of amides is 1. The van der Waals surface area contributed by atoms with Crippen LogP contribution < -0.4 is 0 Å². The summed E-state index contributed by atoms with van der Waals surface area (Å²) < 4.78 is 0. The molecule has 0 saturated carbocycles. The maximum atomic E-state index is 11.4. The third-order valence-electron chi connectivity index (χ3n) is 2.01. The maximum Gasteiger partial charge on any atom is 0.246 e. The SMILES string of the molecule is CCC=CC(=O)N1CC[CH]CC1. The summed E-state index contributed by atoms with van der Waals surface area (Å²) in [7, 11) is 0. The molecule has 0 aromatic rings. The third-order valence-corrected chi connectivity index (χ3v) is 2.01. The summed E-state index contributed by atoms with van der Waals surface area (Å²) in [6.07, 6.45) is 8.88. The normalized spacial score (nSPS) is 18.6. The van der Waals surface area contributed by atoms with Gasteiger partial charge in [-0.3, -0.25) is 4.79 Å². The Morgan fingerprint density at radius 1 is 1.50 bits per heavy atom. The van der Waals surface area contributed by atoms with Gasteiger partial charge in [-0.1, -0.05) is 13.0 Å². The van der Waals surface area contributed by atoms with Gasteiger partial charge in [0.1, 0.15) is 0 Å². The number of nitrogens with zero attached hydrogens (tertiary/aromatic N) is 1. The summed E-state index contributed by atoms with van der Waals surface area (Å²) in [6.45, 7) is 3.83. The van der Waals surface area contributed by atoms with Crippen LogP contribution in [0, 0.1) is 6.42 Å². The molecule has 1 aliphatic rings. The number of hydrogen-bond donors (Lipinski definition) is 0. The van der Waals surface area contributed by atoms with Crippen molar-refractivity contribution >= 4 is 5.91 Å². The molecule has 0 atom stereocenters. The lowest BCUT2D eigenvalue weighted by Crippen LogP contribution is -2.34. The van der Waals surface area contributed by atoms with E-state index in [1.54, 1.807) is 6.08 Å². The maximum absolute atomic E-state index is 11.4. The zero-order valence-electron chi connectivity index (χ0n) is 7.62. The predicted molar refractivity (Wildman–Crippen MR) is 49.5 cm³/mol. The quantitative estimate of drug-likeness (QED) is 0.573. The zero-order chi connectivity index (χ0) is 8.81. The Kier molecular flexibility index (Phi) is 3.85. The lowest BCUT2D eigenvalue weighted by Gasteiger charge is -2.25. The largest absolute Gasteiger partial charge is 0.339 e. The molecule has 2 nitrogen and oxygen atoms in total. The van der Waals surface area contributed by atoms with Crippen LogP contribution in [-0.2, 0) is 4.79 Å². The first kappa shape index (κ1) is 9.30. The van der Waals surface area contributed by atoms with Crippen LogP contribution in [0.15, 0.2) is 12.2 Å². The topological polar surface area (TPSA) is 20.3 Å². The molecule has 0 aliphatic carbocycles. The lowest BCUT2D eigenvalue weighted by atomic mass is 10.1. The van der Waals surface area contributed by atoms with Crippen molar-refractivity contribution in [2.45, 2.75) is 26.2 Å². The molecule has 67 valence electrons. The summed E-state index contributed by atoms with van der Waals surface area (Å²) in [5.74, 6) is 0.171. The Morgan fingerprint density at radius 3 is 2.75 bits per heavy atom. The van der Waals surface area contributed by atoms with Gasteiger partial charge in [-0.15, -0.1) is 0 Å². The van der Waals surface area contributed by atoms with Gasteiger partial charge in [0.2, 0.25) is 5.91 Å². The second-order valence-corrected chi connectivity index (χ2v) is 3.00. The molecule has 1 saturated heterocycles. The summed E-state index contributed by atoms with van der Waals surface area (Å²) in [5, 5.41) is 0. The van der Waals surface area contributed by atoms with Gasteiger partial charge >= 0.3 is 0 Å². The van der Waals surface area contributed by atoms with E-state index in [0.29, 0.717) is 0 Å². The van der Waals surface area contributed by atoms with Gasteiger partial charge in [0.25, 0.3) is 0 Å². The molecule has 1 aliphatic heterocycles. The minimum atomic E-state index is 0.171. The Labute approximate surface area is 74.2 Å². The van der Waals surface area contributed by atoms with Gasteiger partial charge < -0.3 is 4.90 Å². The van der Waals surface area contributed by atoms with Crippen molar-refractivity contribution in [2.75, 3.05) is 13.1 Å². The van der Waals surface area contributed by atoms with Crippen molar-refractivity contribution in [1.29, 1.82) is 0 Å². The molecular weight excluding hydrogens is 150 g/mol. The molecule has 0 aromatic carbocycles. The zero-order valence-corrected chi connectivity index (χ0v) is 7.62. The molecular formula is C10H16NO. The van der Waals surface area contributed by atoms with Crippen molar-refractivity contribution in [3.8, 4) is 0 Å². The van der Waals surface area contributed by atoms with Gasteiger partial charge in [0.15, 0.2) is 0 Å². The molecule has 12 heavy (non-hydrogen) atoms. The Bertz CT molecular complexity index is 169. The van der Waals surface area contributed by atoms with E-state index in [4.69, 9.17) is 0 Å². The van der Waals surface area contributed by atoms with Crippen LogP contribution >= 0.6 is 0 Å². The summed E-state index contributed by atoms with van der Waals surface area (Å²) in [5.41, 5.74) is 0. The van der Waals surface area contributed by atoms with Crippen LogP contribution in [0.2, 0.25) is 0 Å². The summed E-state index contributed by atoms with van der Waals surface area (Å²) in [4.78, 5) is 13.3. The highest BCUT2D eigenvalue weighted by Gasteiger charge is 2.13. The molecule has 1 fully saturated rings. The second kappa shape index (κ2) is 4.96. The average molecular weight is 166 g/mol. The Hall–Kier alpha value is -0.790. The monoisotopic (exact) mass is 166 g/mol. The predicted octanol–water partition coefficient (Wildman–Crippen LogP) is 1.78. The molecule has 0 unspecified atom stereocenters. The van der Waals surface area contributed by atoms with Gasteiger partial charge in [-0.25, -0.2) is 0 Å². The molecule has 0 aromatic heterocycles. The number of allylic oxidation sites excluding steroid dienone is 1. The van der Waals surface area contributed by atoms with Crippen LogP contribution in [0.3, 0.4) is 0 Å². The van der Waals surface area contributed by atoms with Crippen LogP contribution in [-0.4, -0.2) is 23.9 Å². The first-order chi connectivity index (χ1) is 5.84. The van der Waals surface area contributed by atoms with Gasteiger partial charge in [0.05, 0.1) is 0 Å². The van der Waals surface area contributed by atoms with Crippen LogP contribution in [0.5, 0.6) is 0 Å². The van der Waals surface area contributed by atoms with E-state index in [-0.39, 0.29) is 5.91 Å². The van der Waals surface area contributed by atoms with Crippen LogP contribution in [0.25, 0.3) is 0 Å². The minimum Gasteiger partial charge on any atom is -0.339 e. The number of piperidine rings is 1. The molecule has 2 heteroatoms. The standard InChI is InChI=1S/C10H16NO/c1-2-3-7-10(12)11-8-5-4-6-9-11/h3-4,7H,2,5-6,8-9H2,1H3. The highest BCUT2D eigenvalue weighted by atomic mass is 16.2. The molecule has 0 spiro atoms. The summed E-state index contributed by atoms with van der Waals surface area (Å²) in [6, 6.07) is 0. The molecule has 1 radical (unpaired) electrons. The first-order valence-corrected chi connectivity index (χ1v) is 4.61. The van der Waals surface area contributed by atoms with Crippen molar-refractivity contribution in [3.63, 3.8) is 0 Å². The van der Waals surface area contributed by atoms with E-state index < -0.39 is 0 Å². The number of hydrogen-bond acceptors (Lipinski definition) is 1. The highest BCUT2D eigenvalue weighted by Crippen LogP contribution is 2.07. The van der Waals surface area contributed by atoms with Gasteiger partial charge in [-0.05, 0) is 31.8 Å². The molecule has 0 N–H and O–H groups in total. The van der Waals surface area contributed by atoms with Gasteiger partial charge in [0, 0.05) is 13.1 Å². The van der Waals surface area contributed by atoms with E-state index in [1.165, 1.54) is 0 Å². The fourth-order valence-electron chi connectivity index (χ4n) is 1.29. The van der Waals surface area contributed by atoms with Crippen molar-refractivity contribution in [1.82, 2.24) is 4.90 Å². The molecule has 1 rings (SSSR count). The second-order valence-electron chi connectivity index (χ2n) is 3.00. The number of carbonyl (C=O) groups excluding carboxylic acids is 1. The number of carbonyl (C=O) groups is 1. The van der Waals surface area contributed by atoms with Crippen molar-refractivity contribution in [2.24, 2.45) is 0 Å². The Morgan fingerprint density at radius 2 is 2.17 bits per heavy atom. The number of rotatable bonds is 2. The van der Waals surface area contributed by atoms with E-state index in [0.717, 1.165) is 32.4 Å². The molecule has 1 heterocycles. The highest BCUT2D eigenvalue weighted by molar-refractivity contribution is 5.87. The average Bonchev–Trinajstić information content (AvgIpc) is 2.15. The van der Waals surface area contributed by atoms with Crippen molar-refractivity contribution in [3.05, 3.63) is 18.6 Å². The first-order valence-electron chi connectivity index (χ1n) is 4.61.